The van der Waals surface area contributed by atoms with E-state index in [0.29, 0.717) is 19.5 Å². The molecule has 3 amide bonds. The Kier molecular flexibility index (Phi) is 3.87. The summed E-state index contributed by atoms with van der Waals surface area (Å²) in [6, 6.07) is -0.0623. The maximum Gasteiger partial charge on any atom is 0.329 e. The average molecular weight is 283 g/mol. The van der Waals surface area contributed by atoms with Crippen LogP contribution in [0.15, 0.2) is 0 Å². The van der Waals surface area contributed by atoms with Crippen LogP contribution in [0.4, 0.5) is 4.79 Å². The van der Waals surface area contributed by atoms with Crippen molar-refractivity contribution in [2.45, 2.75) is 37.3 Å². The van der Waals surface area contributed by atoms with Crippen molar-refractivity contribution in [2.75, 3.05) is 27.2 Å². The van der Waals surface area contributed by atoms with Crippen LogP contribution in [0.25, 0.3) is 0 Å². The highest BCUT2D eigenvalue weighted by Crippen LogP contribution is 2.37. The molecular formula is C13H21N3O4. The minimum atomic E-state index is -1.15. The molecule has 1 saturated carbocycles. The fourth-order valence-corrected chi connectivity index (χ4v) is 2.82. The number of urea groups is 1. The average Bonchev–Trinajstić information content (AvgIpc) is 3.23. The van der Waals surface area contributed by atoms with Crippen molar-refractivity contribution in [2.24, 2.45) is 0 Å². The Hall–Kier alpha value is -1.79. The predicted molar refractivity (Wildman–Crippen MR) is 71.2 cm³/mol. The normalized spacial score (nSPS) is 21.2. The summed E-state index contributed by atoms with van der Waals surface area (Å²) >= 11 is 0. The molecule has 0 aromatic carbocycles. The molecule has 0 spiro atoms. The molecule has 20 heavy (non-hydrogen) atoms. The second-order valence-electron chi connectivity index (χ2n) is 5.74. The Morgan fingerprint density at radius 1 is 1.25 bits per heavy atom. The molecule has 0 bridgehead atoms. The van der Waals surface area contributed by atoms with Gasteiger partial charge in [-0.05, 0) is 25.7 Å². The molecule has 0 atom stereocenters. The summed E-state index contributed by atoms with van der Waals surface area (Å²) in [5.41, 5.74) is -1.15. The third-order valence-corrected chi connectivity index (χ3v) is 4.19. The van der Waals surface area contributed by atoms with Crippen molar-refractivity contribution in [1.82, 2.24) is 14.7 Å². The molecule has 1 saturated heterocycles. The van der Waals surface area contributed by atoms with E-state index in [9.17, 15) is 19.5 Å². The van der Waals surface area contributed by atoms with Crippen LogP contribution in [0.1, 0.15) is 25.7 Å². The number of hydrogen-bond acceptors (Lipinski definition) is 3. The highest BCUT2D eigenvalue weighted by molar-refractivity contribution is 5.83. The lowest BCUT2D eigenvalue weighted by Crippen LogP contribution is -2.61. The Labute approximate surface area is 118 Å². The zero-order chi connectivity index (χ0) is 14.9. The van der Waals surface area contributed by atoms with E-state index in [4.69, 9.17) is 0 Å². The maximum atomic E-state index is 11.9. The number of aliphatic carboxylic acids is 1. The molecule has 1 heterocycles. The van der Waals surface area contributed by atoms with Gasteiger partial charge in [0.1, 0.15) is 5.54 Å². The highest BCUT2D eigenvalue weighted by atomic mass is 16.4. The minimum Gasteiger partial charge on any atom is -0.479 e. The first-order valence-electron chi connectivity index (χ1n) is 6.86. The van der Waals surface area contributed by atoms with Gasteiger partial charge in [0.05, 0.1) is 0 Å². The van der Waals surface area contributed by atoms with E-state index < -0.39 is 11.5 Å². The second-order valence-corrected chi connectivity index (χ2v) is 5.74. The van der Waals surface area contributed by atoms with Crippen LogP contribution in [-0.4, -0.2) is 77.0 Å². The number of carbonyl (C=O) groups is 3. The van der Waals surface area contributed by atoms with Crippen LogP contribution in [0, 0.1) is 0 Å². The number of hydrogen-bond donors (Lipinski definition) is 1. The van der Waals surface area contributed by atoms with E-state index in [0.717, 1.165) is 12.8 Å². The first-order chi connectivity index (χ1) is 9.42. The molecule has 2 fully saturated rings. The standard InChI is InChI=1S/C13H21N3O4/c1-14(2)12(20)15-7-5-13(6-8-15,11(18)19)16(9-17)10-3-4-10/h9-10H,3-8H2,1-2H3,(H,18,19). The molecule has 1 aliphatic carbocycles. The van der Waals surface area contributed by atoms with Gasteiger partial charge < -0.3 is 19.8 Å². The molecule has 7 heteroatoms. The molecule has 2 rings (SSSR count). The molecule has 0 unspecified atom stereocenters. The number of nitrogens with zero attached hydrogens (tertiary/aromatic N) is 3. The molecule has 1 aliphatic heterocycles. The largest absolute Gasteiger partial charge is 0.479 e. The molecule has 0 radical (unpaired) electrons. The van der Waals surface area contributed by atoms with E-state index in [1.807, 2.05) is 0 Å². The third-order valence-electron chi connectivity index (χ3n) is 4.19. The number of likely N-dealkylation sites (tertiary alicyclic amines) is 1. The Morgan fingerprint density at radius 2 is 1.80 bits per heavy atom. The Balaban J connectivity index is 2.12. The monoisotopic (exact) mass is 283 g/mol. The summed E-state index contributed by atoms with van der Waals surface area (Å²) in [6.07, 6.45) is 2.98. The number of amides is 3. The van der Waals surface area contributed by atoms with Gasteiger partial charge in [-0.3, -0.25) is 4.79 Å². The van der Waals surface area contributed by atoms with Crippen LogP contribution < -0.4 is 0 Å². The lowest BCUT2D eigenvalue weighted by molar-refractivity contribution is -0.159. The van der Waals surface area contributed by atoms with Gasteiger partial charge in [-0.15, -0.1) is 0 Å². The van der Waals surface area contributed by atoms with Crippen LogP contribution in [-0.2, 0) is 9.59 Å². The smallest absolute Gasteiger partial charge is 0.329 e. The lowest BCUT2D eigenvalue weighted by atomic mass is 9.85. The molecule has 0 aromatic rings. The van der Waals surface area contributed by atoms with Gasteiger partial charge in [0, 0.05) is 33.2 Å². The van der Waals surface area contributed by atoms with Gasteiger partial charge in [0.25, 0.3) is 0 Å². The van der Waals surface area contributed by atoms with Crippen LogP contribution in [0.3, 0.4) is 0 Å². The number of carbonyl (C=O) groups excluding carboxylic acids is 2. The summed E-state index contributed by atoms with van der Waals surface area (Å²) in [5.74, 6) is -0.964. The van der Waals surface area contributed by atoms with Gasteiger partial charge in [-0.1, -0.05) is 0 Å². The topological polar surface area (TPSA) is 81.2 Å². The van der Waals surface area contributed by atoms with E-state index >= 15 is 0 Å². The van der Waals surface area contributed by atoms with Crippen LogP contribution in [0.5, 0.6) is 0 Å². The zero-order valence-corrected chi connectivity index (χ0v) is 11.9. The fourth-order valence-electron chi connectivity index (χ4n) is 2.82. The van der Waals surface area contributed by atoms with E-state index in [1.54, 1.807) is 19.0 Å². The van der Waals surface area contributed by atoms with Crippen molar-refractivity contribution >= 4 is 18.4 Å². The van der Waals surface area contributed by atoms with Crippen molar-refractivity contribution < 1.29 is 19.5 Å². The third kappa shape index (κ3) is 2.44. The molecular weight excluding hydrogens is 262 g/mol. The SMILES string of the molecule is CN(C)C(=O)N1CCC(C(=O)O)(N(C=O)C2CC2)CC1. The fraction of sp³-hybridized carbons (Fsp3) is 0.769. The Morgan fingerprint density at radius 3 is 2.15 bits per heavy atom. The van der Waals surface area contributed by atoms with Crippen LogP contribution >= 0.6 is 0 Å². The highest BCUT2D eigenvalue weighted by Gasteiger charge is 2.51. The Bertz CT molecular complexity index is 412. The van der Waals surface area contributed by atoms with Crippen molar-refractivity contribution in [3.63, 3.8) is 0 Å². The predicted octanol–water partition coefficient (Wildman–Crippen LogP) is 0.208. The van der Waals surface area contributed by atoms with Crippen molar-refractivity contribution in [3.05, 3.63) is 0 Å². The number of piperidine rings is 1. The van der Waals surface area contributed by atoms with E-state index in [2.05, 4.69) is 0 Å². The summed E-state index contributed by atoms with van der Waals surface area (Å²) in [4.78, 5) is 39.5. The molecule has 112 valence electrons. The first kappa shape index (κ1) is 14.6. The summed E-state index contributed by atoms with van der Waals surface area (Å²) in [6.45, 7) is 0.723. The lowest BCUT2D eigenvalue weighted by Gasteiger charge is -2.44. The first-order valence-corrected chi connectivity index (χ1v) is 6.86. The summed E-state index contributed by atoms with van der Waals surface area (Å²) in [7, 11) is 3.34. The maximum absolute atomic E-state index is 11.9. The molecule has 0 aromatic heterocycles. The summed E-state index contributed by atoms with van der Waals surface area (Å²) in [5, 5.41) is 9.59. The second kappa shape index (κ2) is 5.30. The quantitative estimate of drug-likeness (QED) is 0.748. The minimum absolute atomic E-state index is 0.0553. The molecule has 2 aliphatic rings. The zero-order valence-electron chi connectivity index (χ0n) is 11.9. The van der Waals surface area contributed by atoms with Gasteiger partial charge in [-0.25, -0.2) is 9.59 Å². The number of rotatable bonds is 4. The van der Waals surface area contributed by atoms with Crippen molar-refractivity contribution in [1.29, 1.82) is 0 Å². The van der Waals surface area contributed by atoms with Gasteiger partial charge in [-0.2, -0.15) is 0 Å². The van der Waals surface area contributed by atoms with Gasteiger partial charge in [0.2, 0.25) is 6.41 Å². The van der Waals surface area contributed by atoms with Crippen molar-refractivity contribution in [3.8, 4) is 0 Å². The number of carboxylic acid groups (broad SMARTS) is 1. The van der Waals surface area contributed by atoms with Gasteiger partial charge in [0.15, 0.2) is 0 Å². The van der Waals surface area contributed by atoms with Gasteiger partial charge >= 0.3 is 12.0 Å². The van der Waals surface area contributed by atoms with Crippen LogP contribution in [0.2, 0.25) is 0 Å². The summed E-state index contributed by atoms with van der Waals surface area (Å²) < 4.78 is 0. The molecule has 7 nitrogen and oxygen atoms in total. The van der Waals surface area contributed by atoms with E-state index in [1.165, 1.54) is 9.80 Å². The molecule has 1 N–H and O–H groups in total. The van der Waals surface area contributed by atoms with E-state index in [-0.39, 0.29) is 24.9 Å². The number of carboxylic acids is 1.